The number of carbonyl (C=O) groups is 1. The van der Waals surface area contributed by atoms with Crippen LogP contribution >= 0.6 is 0 Å². The number of nitrogens with zero attached hydrogens (tertiary/aromatic N) is 1. The Morgan fingerprint density at radius 1 is 1.50 bits per heavy atom. The van der Waals surface area contributed by atoms with Gasteiger partial charge in [0, 0.05) is 19.7 Å². The number of hydrogen-bond donors (Lipinski definition) is 2. The second-order valence-corrected chi connectivity index (χ2v) is 4.62. The Morgan fingerprint density at radius 2 is 2.22 bits per heavy atom. The van der Waals surface area contributed by atoms with Crippen LogP contribution in [0.25, 0.3) is 0 Å². The van der Waals surface area contributed by atoms with Crippen LogP contribution in [-0.4, -0.2) is 34.8 Å². The molecule has 0 atom stereocenters. The van der Waals surface area contributed by atoms with Gasteiger partial charge in [-0.25, -0.2) is 9.78 Å². The quantitative estimate of drug-likeness (QED) is 0.772. The van der Waals surface area contributed by atoms with E-state index in [4.69, 9.17) is 9.84 Å². The lowest BCUT2D eigenvalue weighted by atomic mass is 10.1. The van der Waals surface area contributed by atoms with E-state index in [0.717, 1.165) is 0 Å². The van der Waals surface area contributed by atoms with E-state index >= 15 is 0 Å². The summed E-state index contributed by atoms with van der Waals surface area (Å²) in [5, 5.41) is 12.0. The molecule has 5 nitrogen and oxygen atoms in total. The maximum atomic E-state index is 10.8. The fraction of sp³-hybridized carbons (Fsp3) is 0.538. The predicted octanol–water partition coefficient (Wildman–Crippen LogP) is 1.68. The minimum Gasteiger partial charge on any atom is -0.477 e. The molecule has 0 saturated carbocycles. The first kappa shape index (κ1) is 14.6. The molecule has 1 aromatic rings. The van der Waals surface area contributed by atoms with Crippen LogP contribution in [0.4, 0.5) is 0 Å². The summed E-state index contributed by atoms with van der Waals surface area (Å²) in [6.45, 7) is 7.84. The van der Waals surface area contributed by atoms with Crippen molar-refractivity contribution < 1.29 is 14.6 Å². The molecule has 100 valence electrons. The van der Waals surface area contributed by atoms with Crippen LogP contribution in [0.5, 0.6) is 0 Å². The summed E-state index contributed by atoms with van der Waals surface area (Å²) in [6.07, 6.45) is 0. The molecule has 0 amide bonds. The van der Waals surface area contributed by atoms with Gasteiger partial charge in [0.05, 0.1) is 11.3 Å². The lowest BCUT2D eigenvalue weighted by Gasteiger charge is -2.24. The third-order valence-corrected chi connectivity index (χ3v) is 2.42. The normalized spacial score (nSPS) is 11.5. The lowest BCUT2D eigenvalue weighted by Crippen LogP contribution is -2.37. The summed E-state index contributed by atoms with van der Waals surface area (Å²) >= 11 is 0. The second-order valence-electron chi connectivity index (χ2n) is 4.62. The minimum absolute atomic E-state index is 0.0679. The van der Waals surface area contributed by atoms with E-state index < -0.39 is 5.97 Å². The van der Waals surface area contributed by atoms with E-state index in [9.17, 15) is 4.79 Å². The standard InChI is InChI=1S/C13H20N2O3/c1-4-18-13(2,3)9-14-8-10-6-5-7-11(15-10)12(16)17/h5-7,14H,4,8-9H2,1-3H3,(H,16,17). The zero-order chi connectivity index (χ0) is 13.6. The Hall–Kier alpha value is -1.46. The molecular formula is C13H20N2O3. The molecule has 1 heterocycles. The van der Waals surface area contributed by atoms with Crippen LogP contribution in [-0.2, 0) is 11.3 Å². The van der Waals surface area contributed by atoms with Crippen LogP contribution in [0, 0.1) is 0 Å². The summed E-state index contributed by atoms with van der Waals surface area (Å²) < 4.78 is 5.55. The number of aromatic nitrogens is 1. The third kappa shape index (κ3) is 4.81. The highest BCUT2D eigenvalue weighted by Crippen LogP contribution is 2.07. The molecule has 0 aromatic carbocycles. The molecule has 0 radical (unpaired) electrons. The minimum atomic E-state index is -1.01. The van der Waals surface area contributed by atoms with Crippen LogP contribution < -0.4 is 5.32 Å². The fourth-order valence-electron chi connectivity index (χ4n) is 1.63. The zero-order valence-corrected chi connectivity index (χ0v) is 11.1. The van der Waals surface area contributed by atoms with Gasteiger partial charge in [-0.3, -0.25) is 0 Å². The van der Waals surface area contributed by atoms with Crippen molar-refractivity contribution in [3.63, 3.8) is 0 Å². The van der Waals surface area contributed by atoms with Gasteiger partial charge in [-0.2, -0.15) is 0 Å². The lowest BCUT2D eigenvalue weighted by molar-refractivity contribution is -0.00903. The van der Waals surface area contributed by atoms with Crippen molar-refractivity contribution in [2.24, 2.45) is 0 Å². The van der Waals surface area contributed by atoms with Gasteiger partial charge in [-0.1, -0.05) is 6.07 Å². The summed E-state index contributed by atoms with van der Waals surface area (Å²) in [7, 11) is 0. The Kier molecular flexibility index (Phi) is 5.25. The molecule has 0 fully saturated rings. The first-order chi connectivity index (χ1) is 8.44. The molecular weight excluding hydrogens is 232 g/mol. The SMILES string of the molecule is CCOC(C)(C)CNCc1cccc(C(=O)O)n1. The van der Waals surface area contributed by atoms with Gasteiger partial charge in [0.15, 0.2) is 0 Å². The second kappa shape index (κ2) is 6.47. The number of nitrogens with one attached hydrogen (secondary N) is 1. The highest BCUT2D eigenvalue weighted by molar-refractivity contribution is 5.85. The third-order valence-electron chi connectivity index (χ3n) is 2.42. The summed E-state index contributed by atoms with van der Waals surface area (Å²) in [6, 6.07) is 4.98. The van der Waals surface area contributed by atoms with Gasteiger partial charge in [-0.15, -0.1) is 0 Å². The van der Waals surface area contributed by atoms with Crippen molar-refractivity contribution in [3.8, 4) is 0 Å². The van der Waals surface area contributed by atoms with Gasteiger partial charge in [0.25, 0.3) is 0 Å². The van der Waals surface area contributed by atoms with E-state index in [0.29, 0.717) is 25.4 Å². The first-order valence-electron chi connectivity index (χ1n) is 5.98. The highest BCUT2D eigenvalue weighted by Gasteiger charge is 2.16. The van der Waals surface area contributed by atoms with E-state index in [-0.39, 0.29) is 11.3 Å². The summed E-state index contributed by atoms with van der Waals surface area (Å²) in [4.78, 5) is 14.8. The number of hydrogen-bond acceptors (Lipinski definition) is 4. The van der Waals surface area contributed by atoms with E-state index in [1.807, 2.05) is 20.8 Å². The van der Waals surface area contributed by atoms with Crippen LogP contribution in [0.2, 0.25) is 0 Å². The number of rotatable bonds is 7. The average Bonchev–Trinajstić information content (AvgIpc) is 2.29. The van der Waals surface area contributed by atoms with Crippen molar-refractivity contribution in [1.82, 2.24) is 10.3 Å². The van der Waals surface area contributed by atoms with Crippen LogP contribution in [0.15, 0.2) is 18.2 Å². The Balaban J connectivity index is 2.49. The topological polar surface area (TPSA) is 71.5 Å². The van der Waals surface area contributed by atoms with Crippen LogP contribution in [0.1, 0.15) is 37.0 Å². The molecule has 5 heteroatoms. The van der Waals surface area contributed by atoms with Crippen LogP contribution in [0.3, 0.4) is 0 Å². The zero-order valence-electron chi connectivity index (χ0n) is 11.1. The molecule has 0 unspecified atom stereocenters. The number of pyridine rings is 1. The number of aromatic carboxylic acids is 1. The Labute approximate surface area is 107 Å². The van der Waals surface area contributed by atoms with Crippen molar-refractivity contribution >= 4 is 5.97 Å². The first-order valence-corrected chi connectivity index (χ1v) is 5.98. The monoisotopic (exact) mass is 252 g/mol. The molecule has 0 aliphatic heterocycles. The molecule has 0 saturated heterocycles. The Bertz CT molecular complexity index is 405. The predicted molar refractivity (Wildman–Crippen MR) is 68.6 cm³/mol. The summed E-state index contributed by atoms with van der Waals surface area (Å²) in [5.74, 6) is -1.01. The van der Waals surface area contributed by atoms with E-state index in [1.165, 1.54) is 6.07 Å². The number of ether oxygens (including phenoxy) is 1. The van der Waals surface area contributed by atoms with Crippen molar-refractivity contribution in [2.75, 3.05) is 13.2 Å². The molecule has 0 spiro atoms. The average molecular weight is 252 g/mol. The van der Waals surface area contributed by atoms with Gasteiger partial charge in [0.2, 0.25) is 0 Å². The smallest absolute Gasteiger partial charge is 0.354 e. The van der Waals surface area contributed by atoms with Crippen molar-refractivity contribution in [2.45, 2.75) is 32.9 Å². The molecule has 2 N–H and O–H groups in total. The maximum Gasteiger partial charge on any atom is 0.354 e. The number of carboxylic acids is 1. The highest BCUT2D eigenvalue weighted by atomic mass is 16.5. The van der Waals surface area contributed by atoms with Crippen molar-refractivity contribution in [3.05, 3.63) is 29.6 Å². The van der Waals surface area contributed by atoms with Gasteiger partial charge in [0.1, 0.15) is 5.69 Å². The largest absolute Gasteiger partial charge is 0.477 e. The van der Waals surface area contributed by atoms with E-state index in [2.05, 4.69) is 10.3 Å². The molecule has 0 bridgehead atoms. The van der Waals surface area contributed by atoms with Crippen molar-refractivity contribution in [1.29, 1.82) is 0 Å². The molecule has 18 heavy (non-hydrogen) atoms. The van der Waals surface area contributed by atoms with Gasteiger partial charge < -0.3 is 15.2 Å². The van der Waals surface area contributed by atoms with Gasteiger partial charge in [-0.05, 0) is 32.9 Å². The number of carboxylic acid groups (broad SMARTS) is 1. The maximum absolute atomic E-state index is 10.8. The van der Waals surface area contributed by atoms with E-state index in [1.54, 1.807) is 12.1 Å². The van der Waals surface area contributed by atoms with Gasteiger partial charge >= 0.3 is 5.97 Å². The molecule has 0 aliphatic rings. The molecule has 1 aromatic heterocycles. The Morgan fingerprint density at radius 3 is 2.83 bits per heavy atom. The molecule has 0 aliphatic carbocycles. The summed E-state index contributed by atoms with van der Waals surface area (Å²) in [5.41, 5.74) is 0.541. The molecule has 1 rings (SSSR count). The fourth-order valence-corrected chi connectivity index (χ4v) is 1.63.